The minimum atomic E-state index is -0.471. The lowest BCUT2D eigenvalue weighted by Gasteiger charge is -2.33. The first kappa shape index (κ1) is 18.9. The summed E-state index contributed by atoms with van der Waals surface area (Å²) in [6, 6.07) is 1.57. The van der Waals surface area contributed by atoms with E-state index in [0.29, 0.717) is 31.0 Å². The Balaban J connectivity index is 1.92. The lowest BCUT2D eigenvalue weighted by Crippen LogP contribution is -2.47. The predicted molar refractivity (Wildman–Crippen MR) is 91.4 cm³/mol. The molecule has 2 rings (SSSR count). The Hall–Kier alpha value is -2.41. The summed E-state index contributed by atoms with van der Waals surface area (Å²) in [5, 5.41) is 0. The second-order valence-corrected chi connectivity index (χ2v) is 5.75. The Bertz CT molecular complexity index is 644. The highest BCUT2D eigenvalue weighted by atomic mass is 16.5. The van der Waals surface area contributed by atoms with Gasteiger partial charge in [0.05, 0.1) is 32.0 Å². The fourth-order valence-corrected chi connectivity index (χ4v) is 2.56. The molecule has 1 unspecified atom stereocenters. The third-order valence-electron chi connectivity index (χ3n) is 3.84. The van der Waals surface area contributed by atoms with E-state index in [1.807, 2.05) is 19.9 Å². The number of pyridine rings is 1. The Morgan fingerprint density at radius 1 is 1.44 bits per heavy atom. The summed E-state index contributed by atoms with van der Waals surface area (Å²) < 4.78 is 16.0. The number of nitrogens with zero attached hydrogens (tertiary/aromatic N) is 2. The lowest BCUT2D eigenvalue weighted by atomic mass is 10.2. The van der Waals surface area contributed by atoms with Crippen LogP contribution in [0.1, 0.15) is 30.6 Å². The van der Waals surface area contributed by atoms with E-state index in [2.05, 4.69) is 9.72 Å². The molecule has 136 valence electrons. The zero-order valence-corrected chi connectivity index (χ0v) is 14.9. The van der Waals surface area contributed by atoms with Crippen LogP contribution in [0.4, 0.5) is 0 Å². The molecule has 7 heteroatoms. The summed E-state index contributed by atoms with van der Waals surface area (Å²) in [6.07, 6.45) is 5.46. The summed E-state index contributed by atoms with van der Waals surface area (Å²) in [5.41, 5.74) is 1.07. The number of allylic oxidation sites excluding steroid dienone is 1. The standard InChI is InChI=1S/C18H24N2O5/c1-4-5-13(2)17(21)20-6-7-24-16(11-20)12-25-15-8-14(9-19-10-15)18(22)23-3/h5,8-10,16H,4,6-7,11-12H2,1-3H3/b13-5+. The molecule has 0 radical (unpaired) electrons. The van der Waals surface area contributed by atoms with Crippen LogP contribution in [0, 0.1) is 0 Å². The van der Waals surface area contributed by atoms with Gasteiger partial charge in [-0.3, -0.25) is 9.78 Å². The molecule has 0 aliphatic carbocycles. The summed E-state index contributed by atoms with van der Waals surface area (Å²) in [6.45, 7) is 5.62. The van der Waals surface area contributed by atoms with Crippen molar-refractivity contribution < 1.29 is 23.8 Å². The third-order valence-corrected chi connectivity index (χ3v) is 3.84. The number of rotatable bonds is 6. The van der Waals surface area contributed by atoms with Crippen LogP contribution < -0.4 is 4.74 Å². The number of esters is 1. The maximum absolute atomic E-state index is 12.4. The Labute approximate surface area is 147 Å². The molecule has 0 N–H and O–H groups in total. The van der Waals surface area contributed by atoms with Crippen molar-refractivity contribution >= 4 is 11.9 Å². The van der Waals surface area contributed by atoms with Crippen molar-refractivity contribution in [3.8, 4) is 5.75 Å². The maximum atomic E-state index is 12.4. The normalized spacial score (nSPS) is 18.0. The molecule has 1 aliphatic heterocycles. The molecule has 0 saturated carbocycles. The van der Waals surface area contributed by atoms with Crippen LogP contribution in [0.5, 0.6) is 5.75 Å². The second-order valence-electron chi connectivity index (χ2n) is 5.75. The van der Waals surface area contributed by atoms with Crippen LogP contribution in [0.15, 0.2) is 30.1 Å². The number of aromatic nitrogens is 1. The van der Waals surface area contributed by atoms with Crippen molar-refractivity contribution in [3.63, 3.8) is 0 Å². The largest absolute Gasteiger partial charge is 0.489 e. The van der Waals surface area contributed by atoms with Gasteiger partial charge in [0.1, 0.15) is 18.5 Å². The van der Waals surface area contributed by atoms with Crippen molar-refractivity contribution in [2.75, 3.05) is 33.4 Å². The molecule has 1 saturated heterocycles. The van der Waals surface area contributed by atoms with E-state index >= 15 is 0 Å². The molecular weight excluding hydrogens is 324 g/mol. The Morgan fingerprint density at radius 3 is 2.96 bits per heavy atom. The summed E-state index contributed by atoms with van der Waals surface area (Å²) in [5.74, 6) is 0.0170. The molecule has 1 amide bonds. The first-order valence-electron chi connectivity index (χ1n) is 8.29. The number of carbonyl (C=O) groups is 2. The minimum absolute atomic E-state index is 0.0319. The van der Waals surface area contributed by atoms with Crippen LogP contribution in [0.3, 0.4) is 0 Å². The topological polar surface area (TPSA) is 78.0 Å². The van der Waals surface area contributed by atoms with Crippen LogP contribution in [-0.2, 0) is 14.3 Å². The highest BCUT2D eigenvalue weighted by Crippen LogP contribution is 2.15. The van der Waals surface area contributed by atoms with Gasteiger partial charge in [0.2, 0.25) is 5.91 Å². The van der Waals surface area contributed by atoms with Gasteiger partial charge in [-0.15, -0.1) is 0 Å². The van der Waals surface area contributed by atoms with Gasteiger partial charge in [-0.25, -0.2) is 4.79 Å². The highest BCUT2D eigenvalue weighted by molar-refractivity contribution is 5.92. The van der Waals surface area contributed by atoms with Gasteiger partial charge in [-0.05, 0) is 19.4 Å². The van der Waals surface area contributed by atoms with E-state index in [9.17, 15) is 9.59 Å². The summed E-state index contributed by atoms with van der Waals surface area (Å²) in [7, 11) is 1.31. The van der Waals surface area contributed by atoms with Gasteiger partial charge >= 0.3 is 5.97 Å². The fraction of sp³-hybridized carbons (Fsp3) is 0.500. The Kier molecular flexibility index (Phi) is 6.94. The average Bonchev–Trinajstić information content (AvgIpc) is 2.65. The number of hydrogen-bond acceptors (Lipinski definition) is 6. The number of methoxy groups -OCH3 is 1. The maximum Gasteiger partial charge on any atom is 0.339 e. The second kappa shape index (κ2) is 9.17. The molecule has 25 heavy (non-hydrogen) atoms. The quantitative estimate of drug-likeness (QED) is 0.576. The monoisotopic (exact) mass is 348 g/mol. The summed E-state index contributed by atoms with van der Waals surface area (Å²) in [4.78, 5) is 29.6. The molecule has 0 aromatic carbocycles. The van der Waals surface area contributed by atoms with Crippen LogP contribution in [0.25, 0.3) is 0 Å². The van der Waals surface area contributed by atoms with E-state index in [4.69, 9.17) is 9.47 Å². The average molecular weight is 348 g/mol. The first-order valence-corrected chi connectivity index (χ1v) is 8.29. The Morgan fingerprint density at radius 2 is 2.24 bits per heavy atom. The number of morpholine rings is 1. The predicted octanol–water partition coefficient (Wildman–Crippen LogP) is 1.83. The van der Waals surface area contributed by atoms with Crippen LogP contribution >= 0.6 is 0 Å². The van der Waals surface area contributed by atoms with E-state index in [1.54, 1.807) is 11.0 Å². The number of amides is 1. The zero-order chi connectivity index (χ0) is 18.2. The van der Waals surface area contributed by atoms with Gasteiger partial charge in [0, 0.05) is 18.3 Å². The lowest BCUT2D eigenvalue weighted by molar-refractivity contribution is -0.135. The van der Waals surface area contributed by atoms with Crippen molar-refractivity contribution in [1.82, 2.24) is 9.88 Å². The SMILES string of the molecule is CC/C=C(\C)C(=O)N1CCOC(COc2cncc(C(=O)OC)c2)C1. The molecule has 1 fully saturated rings. The molecular formula is C18H24N2O5. The molecule has 7 nitrogen and oxygen atoms in total. The smallest absolute Gasteiger partial charge is 0.339 e. The molecule has 1 aliphatic rings. The fourth-order valence-electron chi connectivity index (χ4n) is 2.56. The van der Waals surface area contributed by atoms with Gasteiger partial charge in [0.15, 0.2) is 0 Å². The van der Waals surface area contributed by atoms with E-state index in [1.165, 1.54) is 19.5 Å². The molecule has 1 aromatic rings. The van der Waals surface area contributed by atoms with Crippen molar-refractivity contribution in [3.05, 3.63) is 35.7 Å². The number of ether oxygens (including phenoxy) is 3. The molecule has 0 bridgehead atoms. The zero-order valence-electron chi connectivity index (χ0n) is 14.9. The van der Waals surface area contributed by atoms with E-state index in [0.717, 1.165) is 12.0 Å². The molecule has 1 atom stereocenters. The van der Waals surface area contributed by atoms with Crippen molar-refractivity contribution in [2.45, 2.75) is 26.4 Å². The molecule has 1 aromatic heterocycles. The van der Waals surface area contributed by atoms with Gasteiger partial charge in [-0.2, -0.15) is 0 Å². The van der Waals surface area contributed by atoms with E-state index < -0.39 is 5.97 Å². The highest BCUT2D eigenvalue weighted by Gasteiger charge is 2.25. The third kappa shape index (κ3) is 5.29. The van der Waals surface area contributed by atoms with Gasteiger partial charge in [0.25, 0.3) is 0 Å². The molecule has 2 heterocycles. The number of hydrogen-bond donors (Lipinski definition) is 0. The number of carbonyl (C=O) groups excluding carboxylic acids is 2. The summed E-state index contributed by atoms with van der Waals surface area (Å²) >= 11 is 0. The van der Waals surface area contributed by atoms with Crippen molar-refractivity contribution in [1.29, 1.82) is 0 Å². The van der Waals surface area contributed by atoms with Gasteiger partial charge in [-0.1, -0.05) is 13.0 Å². The van der Waals surface area contributed by atoms with Gasteiger partial charge < -0.3 is 19.1 Å². The van der Waals surface area contributed by atoms with E-state index in [-0.39, 0.29) is 18.6 Å². The van der Waals surface area contributed by atoms with Crippen LogP contribution in [0.2, 0.25) is 0 Å². The van der Waals surface area contributed by atoms with Crippen LogP contribution in [-0.4, -0.2) is 61.3 Å². The van der Waals surface area contributed by atoms with Crippen molar-refractivity contribution in [2.24, 2.45) is 0 Å². The first-order chi connectivity index (χ1) is 12.0. The molecule has 0 spiro atoms. The minimum Gasteiger partial charge on any atom is -0.489 e.